The third-order valence-electron chi connectivity index (χ3n) is 3.98. The number of hydrogen-bond acceptors (Lipinski definition) is 3. The molecule has 0 fully saturated rings. The summed E-state index contributed by atoms with van der Waals surface area (Å²) in [4.78, 5) is 0. The first-order valence-corrected chi connectivity index (χ1v) is 7.72. The fraction of sp³-hybridized carbons (Fsp3) is 0.368. The molecule has 0 aliphatic rings. The van der Waals surface area contributed by atoms with Crippen LogP contribution in [0.15, 0.2) is 48.5 Å². The molecule has 2 unspecified atom stereocenters. The number of hydrogen-bond donors (Lipinski definition) is 2. The lowest BCUT2D eigenvalue weighted by Gasteiger charge is -2.23. The van der Waals surface area contributed by atoms with E-state index >= 15 is 0 Å². The molecule has 2 aromatic carbocycles. The Balaban J connectivity index is 1.94. The van der Waals surface area contributed by atoms with Crippen LogP contribution in [0, 0.1) is 13.8 Å². The first-order valence-electron chi connectivity index (χ1n) is 7.72. The number of ether oxygens (including phenoxy) is 1. The molecule has 0 saturated heterocycles. The fourth-order valence-electron chi connectivity index (χ4n) is 2.66. The lowest BCUT2D eigenvalue weighted by molar-refractivity contribution is 0.117. The van der Waals surface area contributed by atoms with E-state index < -0.39 is 6.10 Å². The zero-order valence-electron chi connectivity index (χ0n) is 13.5. The summed E-state index contributed by atoms with van der Waals surface area (Å²) in [6.45, 7) is 4.68. The molecular formula is C19H25NO2. The van der Waals surface area contributed by atoms with E-state index in [9.17, 15) is 5.11 Å². The van der Waals surface area contributed by atoms with Gasteiger partial charge < -0.3 is 15.2 Å². The van der Waals surface area contributed by atoms with Crippen molar-refractivity contribution in [2.75, 3.05) is 13.7 Å². The molecule has 0 heterocycles. The molecule has 3 nitrogen and oxygen atoms in total. The fourth-order valence-corrected chi connectivity index (χ4v) is 2.66. The van der Waals surface area contributed by atoms with Gasteiger partial charge in [-0.2, -0.15) is 0 Å². The molecule has 0 saturated carbocycles. The van der Waals surface area contributed by atoms with E-state index in [-0.39, 0.29) is 6.04 Å². The monoisotopic (exact) mass is 299 g/mol. The zero-order valence-corrected chi connectivity index (χ0v) is 13.5. The van der Waals surface area contributed by atoms with Crippen molar-refractivity contribution in [3.63, 3.8) is 0 Å². The predicted molar refractivity (Wildman–Crippen MR) is 90.3 cm³/mol. The van der Waals surface area contributed by atoms with Crippen LogP contribution in [0.3, 0.4) is 0 Å². The van der Waals surface area contributed by atoms with Crippen molar-refractivity contribution in [3.05, 3.63) is 65.2 Å². The average Bonchev–Trinajstić information content (AvgIpc) is 2.54. The van der Waals surface area contributed by atoms with Gasteiger partial charge in [0.25, 0.3) is 0 Å². The number of aliphatic hydroxyl groups excluding tert-OH is 1. The first kappa shape index (κ1) is 16.5. The summed E-state index contributed by atoms with van der Waals surface area (Å²) in [6, 6.07) is 15.8. The van der Waals surface area contributed by atoms with E-state index in [1.165, 1.54) is 0 Å². The Labute approximate surface area is 133 Å². The van der Waals surface area contributed by atoms with Crippen molar-refractivity contribution in [3.8, 4) is 5.75 Å². The van der Waals surface area contributed by atoms with Crippen molar-refractivity contribution in [2.45, 2.75) is 32.4 Å². The van der Waals surface area contributed by atoms with Gasteiger partial charge in [0.15, 0.2) is 0 Å². The highest BCUT2D eigenvalue weighted by Crippen LogP contribution is 2.23. The van der Waals surface area contributed by atoms with Crippen molar-refractivity contribution in [2.24, 2.45) is 0 Å². The van der Waals surface area contributed by atoms with Crippen molar-refractivity contribution >= 4 is 0 Å². The van der Waals surface area contributed by atoms with Gasteiger partial charge in [0.2, 0.25) is 0 Å². The highest BCUT2D eigenvalue weighted by Gasteiger charge is 2.19. The van der Waals surface area contributed by atoms with Crippen LogP contribution >= 0.6 is 0 Å². The second-order valence-corrected chi connectivity index (χ2v) is 5.61. The van der Waals surface area contributed by atoms with Gasteiger partial charge in [0.1, 0.15) is 5.75 Å². The van der Waals surface area contributed by atoms with Crippen LogP contribution in [-0.2, 0) is 0 Å². The van der Waals surface area contributed by atoms with Gasteiger partial charge in [-0.3, -0.25) is 0 Å². The Kier molecular flexibility index (Phi) is 5.99. The summed E-state index contributed by atoms with van der Waals surface area (Å²) in [7, 11) is 1.87. The van der Waals surface area contributed by atoms with Gasteiger partial charge in [-0.1, -0.05) is 48.5 Å². The Morgan fingerprint density at radius 2 is 1.64 bits per heavy atom. The van der Waals surface area contributed by atoms with Crippen LogP contribution in [0.2, 0.25) is 0 Å². The summed E-state index contributed by atoms with van der Waals surface area (Å²) in [5.74, 6) is 0.951. The molecule has 0 spiro atoms. The Morgan fingerprint density at radius 1 is 1.00 bits per heavy atom. The summed E-state index contributed by atoms with van der Waals surface area (Å²) in [5, 5.41) is 13.7. The van der Waals surface area contributed by atoms with Gasteiger partial charge in [0.05, 0.1) is 12.7 Å². The second-order valence-electron chi connectivity index (χ2n) is 5.61. The molecular weight excluding hydrogens is 274 g/mol. The SMILES string of the molecule is CNC(CCOc1c(C)cccc1C)C(O)c1ccccc1. The van der Waals surface area contributed by atoms with E-state index in [0.29, 0.717) is 6.61 Å². The standard InChI is InChI=1S/C19H25NO2/c1-14-8-7-9-15(2)19(14)22-13-12-17(20-3)18(21)16-10-5-4-6-11-16/h4-11,17-18,20-21H,12-13H2,1-3H3. The third-order valence-corrected chi connectivity index (χ3v) is 3.98. The highest BCUT2D eigenvalue weighted by atomic mass is 16.5. The number of benzene rings is 2. The lowest BCUT2D eigenvalue weighted by atomic mass is 10.0. The molecule has 0 aliphatic carbocycles. The molecule has 2 atom stereocenters. The number of likely N-dealkylation sites (N-methyl/N-ethyl adjacent to an activating group) is 1. The molecule has 0 aliphatic heterocycles. The van der Waals surface area contributed by atoms with Crippen molar-refractivity contribution in [1.82, 2.24) is 5.32 Å². The quantitative estimate of drug-likeness (QED) is 0.823. The van der Waals surface area contributed by atoms with Crippen LogP contribution in [0.5, 0.6) is 5.75 Å². The molecule has 22 heavy (non-hydrogen) atoms. The third kappa shape index (κ3) is 4.09. The van der Waals surface area contributed by atoms with E-state index in [1.54, 1.807) is 0 Å². The maximum Gasteiger partial charge on any atom is 0.125 e. The van der Waals surface area contributed by atoms with E-state index in [1.807, 2.05) is 43.4 Å². The van der Waals surface area contributed by atoms with Gasteiger partial charge in [-0.25, -0.2) is 0 Å². The normalized spacial score (nSPS) is 13.6. The van der Waals surface area contributed by atoms with Crippen LogP contribution in [-0.4, -0.2) is 24.8 Å². The minimum absolute atomic E-state index is 0.0354. The minimum atomic E-state index is -0.534. The average molecular weight is 299 g/mol. The predicted octanol–water partition coefficient (Wildman–Crippen LogP) is 3.39. The zero-order chi connectivity index (χ0) is 15.9. The number of nitrogens with one attached hydrogen (secondary N) is 1. The molecule has 2 N–H and O–H groups in total. The Hall–Kier alpha value is -1.84. The second kappa shape index (κ2) is 7.97. The van der Waals surface area contributed by atoms with Gasteiger partial charge in [0, 0.05) is 6.04 Å². The minimum Gasteiger partial charge on any atom is -0.493 e. The number of aryl methyl sites for hydroxylation is 2. The van der Waals surface area contributed by atoms with Crippen LogP contribution < -0.4 is 10.1 Å². The maximum absolute atomic E-state index is 10.5. The van der Waals surface area contributed by atoms with Gasteiger partial charge >= 0.3 is 0 Å². The lowest BCUT2D eigenvalue weighted by Crippen LogP contribution is -2.33. The van der Waals surface area contributed by atoms with Gasteiger partial charge in [-0.05, 0) is 44.0 Å². The van der Waals surface area contributed by atoms with E-state index in [2.05, 4.69) is 31.3 Å². The Bertz CT molecular complexity index is 563. The summed E-state index contributed by atoms with van der Waals surface area (Å²) in [6.07, 6.45) is 0.202. The van der Waals surface area contributed by atoms with Gasteiger partial charge in [-0.15, -0.1) is 0 Å². The molecule has 3 heteroatoms. The molecule has 0 aromatic heterocycles. The molecule has 2 aromatic rings. The van der Waals surface area contributed by atoms with E-state index in [4.69, 9.17) is 4.74 Å². The van der Waals surface area contributed by atoms with Crippen molar-refractivity contribution in [1.29, 1.82) is 0 Å². The molecule has 0 bridgehead atoms. The molecule has 0 radical (unpaired) electrons. The van der Waals surface area contributed by atoms with Crippen LogP contribution in [0.4, 0.5) is 0 Å². The molecule has 118 valence electrons. The smallest absolute Gasteiger partial charge is 0.125 e. The van der Waals surface area contributed by atoms with Crippen molar-refractivity contribution < 1.29 is 9.84 Å². The number of aliphatic hydroxyl groups is 1. The van der Waals surface area contributed by atoms with Crippen LogP contribution in [0.1, 0.15) is 29.2 Å². The first-order chi connectivity index (χ1) is 10.6. The summed E-state index contributed by atoms with van der Waals surface area (Å²) < 4.78 is 5.93. The summed E-state index contributed by atoms with van der Waals surface area (Å²) >= 11 is 0. The number of rotatable bonds is 7. The summed E-state index contributed by atoms with van der Waals surface area (Å²) in [5.41, 5.74) is 3.21. The Morgan fingerprint density at radius 3 is 2.23 bits per heavy atom. The van der Waals surface area contributed by atoms with Crippen LogP contribution in [0.25, 0.3) is 0 Å². The molecule has 0 amide bonds. The largest absolute Gasteiger partial charge is 0.493 e. The van der Waals surface area contributed by atoms with E-state index in [0.717, 1.165) is 28.9 Å². The highest BCUT2D eigenvalue weighted by molar-refractivity contribution is 5.39. The molecule has 2 rings (SSSR count). The topological polar surface area (TPSA) is 41.5 Å². The number of para-hydroxylation sites is 1. The maximum atomic E-state index is 10.5.